The second kappa shape index (κ2) is 9.16. The molecular formula is C20H20N4O7S. The van der Waals surface area contributed by atoms with E-state index < -0.39 is 25.5 Å². The Labute approximate surface area is 183 Å². The van der Waals surface area contributed by atoms with E-state index in [0.717, 1.165) is 6.07 Å². The quantitative estimate of drug-likeness (QED) is 0.288. The Kier molecular flexibility index (Phi) is 6.55. The van der Waals surface area contributed by atoms with Crippen LogP contribution in [0.2, 0.25) is 0 Å². The Morgan fingerprint density at radius 3 is 2.53 bits per heavy atom. The molecule has 0 amide bonds. The van der Waals surface area contributed by atoms with E-state index in [1.165, 1.54) is 37.4 Å². The molecule has 2 N–H and O–H groups in total. The van der Waals surface area contributed by atoms with Crippen molar-refractivity contribution in [2.45, 2.75) is 17.7 Å². The van der Waals surface area contributed by atoms with Gasteiger partial charge in [0, 0.05) is 37.2 Å². The number of hydrogen-bond donors (Lipinski definition) is 1. The highest BCUT2D eigenvalue weighted by atomic mass is 32.2. The van der Waals surface area contributed by atoms with E-state index in [1.54, 1.807) is 18.2 Å². The van der Waals surface area contributed by atoms with Crippen LogP contribution in [0.15, 0.2) is 47.6 Å². The maximum Gasteiger partial charge on any atom is 0.271 e. The van der Waals surface area contributed by atoms with Gasteiger partial charge in [-0.2, -0.15) is 5.10 Å². The molecule has 0 spiro atoms. The van der Waals surface area contributed by atoms with E-state index in [1.807, 2.05) is 0 Å². The van der Waals surface area contributed by atoms with Crippen LogP contribution in [0, 0.1) is 10.1 Å². The number of nitro benzene ring substituents is 1. The number of rotatable bonds is 9. The van der Waals surface area contributed by atoms with Crippen molar-refractivity contribution in [2.75, 3.05) is 14.2 Å². The lowest BCUT2D eigenvalue weighted by Crippen LogP contribution is -2.18. The molecule has 0 aliphatic carbocycles. The third-order valence-corrected chi connectivity index (χ3v) is 5.64. The highest BCUT2D eigenvalue weighted by Crippen LogP contribution is 2.33. The van der Waals surface area contributed by atoms with Crippen LogP contribution in [0.3, 0.4) is 0 Å². The van der Waals surface area contributed by atoms with Crippen LogP contribution >= 0.6 is 0 Å². The van der Waals surface area contributed by atoms with Crippen molar-refractivity contribution < 1.29 is 27.6 Å². The van der Waals surface area contributed by atoms with Gasteiger partial charge in [0.25, 0.3) is 5.69 Å². The number of benzene rings is 2. The monoisotopic (exact) mass is 460 g/mol. The summed E-state index contributed by atoms with van der Waals surface area (Å²) in [7, 11) is -1.41. The second-order valence-corrected chi connectivity index (χ2v) is 8.30. The largest absolute Gasteiger partial charge is 0.497 e. The average molecular weight is 460 g/mol. The van der Waals surface area contributed by atoms with Gasteiger partial charge in [-0.05, 0) is 22.8 Å². The number of primary sulfonamides is 1. The molecule has 0 saturated carbocycles. The summed E-state index contributed by atoms with van der Waals surface area (Å²) in [5.41, 5.74) is 1.03. The summed E-state index contributed by atoms with van der Waals surface area (Å²) >= 11 is 0. The van der Waals surface area contributed by atoms with Crippen molar-refractivity contribution in [1.29, 1.82) is 0 Å². The predicted octanol–water partition coefficient (Wildman–Crippen LogP) is 1.78. The van der Waals surface area contributed by atoms with Crippen LogP contribution in [0.25, 0.3) is 5.69 Å². The number of nitrogens with two attached hydrogens (primary N) is 1. The molecule has 1 aromatic heterocycles. The van der Waals surface area contributed by atoms with E-state index >= 15 is 0 Å². The molecule has 12 heteroatoms. The first-order valence-corrected chi connectivity index (χ1v) is 10.7. The minimum absolute atomic E-state index is 0.0492. The SMILES string of the molecule is COc1ccc(Cc2cc([N+](=O)[O-])cc(S(N)(=O)=O)c2-n2cc(CC=O)cn2)c(OC)c1. The number of aldehydes is 1. The Morgan fingerprint density at radius 2 is 1.94 bits per heavy atom. The van der Waals surface area contributed by atoms with Crippen LogP contribution in [0.1, 0.15) is 16.7 Å². The van der Waals surface area contributed by atoms with E-state index in [2.05, 4.69) is 5.10 Å². The molecule has 11 nitrogen and oxygen atoms in total. The summed E-state index contributed by atoms with van der Waals surface area (Å²) < 4.78 is 36.6. The Balaban J connectivity index is 2.28. The van der Waals surface area contributed by atoms with E-state index in [0.29, 0.717) is 28.9 Å². The fraction of sp³-hybridized carbons (Fsp3) is 0.200. The fourth-order valence-electron chi connectivity index (χ4n) is 3.25. The second-order valence-electron chi connectivity index (χ2n) is 6.77. The third kappa shape index (κ3) is 4.76. The van der Waals surface area contributed by atoms with E-state index in [9.17, 15) is 23.3 Å². The number of nitro groups is 1. The molecule has 0 atom stereocenters. The molecule has 3 rings (SSSR count). The number of aromatic nitrogens is 2. The molecule has 3 aromatic rings. The summed E-state index contributed by atoms with van der Waals surface area (Å²) in [6.07, 6.45) is 3.69. The summed E-state index contributed by atoms with van der Waals surface area (Å²) in [6.45, 7) is 0. The van der Waals surface area contributed by atoms with Gasteiger partial charge in [0.15, 0.2) is 0 Å². The number of non-ortho nitro benzene ring substituents is 1. The molecule has 0 aliphatic heterocycles. The molecule has 0 unspecified atom stereocenters. The van der Waals surface area contributed by atoms with Gasteiger partial charge in [0.2, 0.25) is 10.0 Å². The van der Waals surface area contributed by atoms with Gasteiger partial charge in [0.1, 0.15) is 22.7 Å². The first-order chi connectivity index (χ1) is 15.2. The van der Waals surface area contributed by atoms with Crippen molar-refractivity contribution in [3.05, 3.63) is 69.5 Å². The van der Waals surface area contributed by atoms with Crippen LogP contribution in [0.4, 0.5) is 5.69 Å². The number of sulfonamides is 1. The molecule has 0 saturated heterocycles. The molecule has 2 aromatic carbocycles. The molecule has 0 radical (unpaired) electrons. The third-order valence-electron chi connectivity index (χ3n) is 4.72. The fourth-order valence-corrected chi connectivity index (χ4v) is 4.03. The number of methoxy groups -OCH3 is 2. The minimum atomic E-state index is -4.37. The summed E-state index contributed by atoms with van der Waals surface area (Å²) in [5, 5.41) is 21.0. The average Bonchev–Trinajstić information content (AvgIpc) is 3.21. The highest BCUT2D eigenvalue weighted by Gasteiger charge is 2.26. The lowest BCUT2D eigenvalue weighted by atomic mass is 10.0. The summed E-state index contributed by atoms with van der Waals surface area (Å²) in [4.78, 5) is 21.2. The molecule has 0 bridgehead atoms. The Bertz CT molecular complexity index is 1290. The number of carbonyl (C=O) groups is 1. The number of hydrogen-bond acceptors (Lipinski definition) is 8. The van der Waals surface area contributed by atoms with Crippen molar-refractivity contribution in [1.82, 2.24) is 9.78 Å². The normalized spacial score (nSPS) is 11.2. The number of nitrogens with zero attached hydrogens (tertiary/aromatic N) is 3. The minimum Gasteiger partial charge on any atom is -0.497 e. The molecule has 0 fully saturated rings. The molecular weight excluding hydrogens is 440 g/mol. The topological polar surface area (TPSA) is 157 Å². The first-order valence-electron chi connectivity index (χ1n) is 9.20. The van der Waals surface area contributed by atoms with Gasteiger partial charge < -0.3 is 14.3 Å². The van der Waals surface area contributed by atoms with Gasteiger partial charge in [-0.25, -0.2) is 18.2 Å². The van der Waals surface area contributed by atoms with E-state index in [4.69, 9.17) is 14.6 Å². The van der Waals surface area contributed by atoms with Gasteiger partial charge in [-0.3, -0.25) is 10.1 Å². The standard InChI is InChI=1S/C20H20N4O7S/c1-30-17-4-3-14(18(10-17)31-2)7-15-8-16(24(26)27)9-19(32(21,28)29)20(15)23-12-13(5-6-25)11-22-23/h3-4,6,8-12H,5,7H2,1-2H3,(H2,21,28,29). The predicted molar refractivity (Wildman–Crippen MR) is 114 cm³/mol. The van der Waals surface area contributed by atoms with E-state index in [-0.39, 0.29) is 24.1 Å². The van der Waals surface area contributed by atoms with Crippen LogP contribution in [0.5, 0.6) is 11.5 Å². The molecule has 0 aliphatic rings. The zero-order valence-corrected chi connectivity index (χ0v) is 18.0. The van der Waals surface area contributed by atoms with Crippen molar-refractivity contribution >= 4 is 22.0 Å². The number of ether oxygens (including phenoxy) is 2. The lowest BCUT2D eigenvalue weighted by Gasteiger charge is -2.16. The zero-order valence-electron chi connectivity index (χ0n) is 17.2. The first kappa shape index (κ1) is 22.9. The van der Waals surface area contributed by atoms with Crippen molar-refractivity contribution in [3.63, 3.8) is 0 Å². The maximum atomic E-state index is 12.4. The smallest absolute Gasteiger partial charge is 0.271 e. The Hall–Kier alpha value is -3.77. The maximum absolute atomic E-state index is 12.4. The lowest BCUT2D eigenvalue weighted by molar-refractivity contribution is -0.385. The van der Waals surface area contributed by atoms with Crippen molar-refractivity contribution in [3.8, 4) is 17.2 Å². The van der Waals surface area contributed by atoms with Gasteiger partial charge in [-0.15, -0.1) is 0 Å². The summed E-state index contributed by atoms with van der Waals surface area (Å²) in [6, 6.07) is 7.18. The van der Waals surface area contributed by atoms with Gasteiger partial charge in [0.05, 0.1) is 31.0 Å². The summed E-state index contributed by atoms with van der Waals surface area (Å²) in [5.74, 6) is 0.988. The zero-order chi connectivity index (χ0) is 23.5. The highest BCUT2D eigenvalue weighted by molar-refractivity contribution is 7.89. The van der Waals surface area contributed by atoms with Crippen molar-refractivity contribution in [2.24, 2.45) is 5.14 Å². The van der Waals surface area contributed by atoms with Crippen LogP contribution in [-0.4, -0.2) is 43.6 Å². The van der Waals surface area contributed by atoms with Crippen LogP contribution < -0.4 is 14.6 Å². The van der Waals surface area contributed by atoms with Gasteiger partial charge in [-0.1, -0.05) is 6.07 Å². The molecule has 32 heavy (non-hydrogen) atoms. The van der Waals surface area contributed by atoms with Gasteiger partial charge >= 0.3 is 0 Å². The molecule has 168 valence electrons. The Morgan fingerprint density at radius 1 is 1.19 bits per heavy atom. The van der Waals surface area contributed by atoms with Crippen LogP contribution in [-0.2, 0) is 27.7 Å². The molecule has 1 heterocycles. The number of carbonyl (C=O) groups excluding carboxylic acids is 1.